The molecule has 0 bridgehead atoms. The average Bonchev–Trinajstić information content (AvgIpc) is 2.79. The van der Waals surface area contributed by atoms with E-state index in [1.807, 2.05) is 12.1 Å². The van der Waals surface area contributed by atoms with Crippen molar-refractivity contribution in [3.8, 4) is 11.5 Å². The molecule has 1 unspecified atom stereocenters. The fraction of sp³-hybridized carbons (Fsp3) is 0.619. The fourth-order valence-corrected chi connectivity index (χ4v) is 4.11. The maximum Gasteiger partial charge on any atom is 0.163 e. The molecule has 4 rings (SSSR count). The zero-order valence-electron chi connectivity index (χ0n) is 17.1. The molecule has 2 aromatic rings. The van der Waals surface area contributed by atoms with Gasteiger partial charge in [-0.2, -0.15) is 0 Å². The molecule has 2 fully saturated rings. The molecule has 2 aliphatic rings. The van der Waals surface area contributed by atoms with Crippen LogP contribution in [0.3, 0.4) is 0 Å². The van der Waals surface area contributed by atoms with Crippen LogP contribution in [0, 0.1) is 0 Å². The number of hydrogen-bond donors (Lipinski definition) is 3. The summed E-state index contributed by atoms with van der Waals surface area (Å²) in [5.41, 5.74) is 0.768. The summed E-state index contributed by atoms with van der Waals surface area (Å²) >= 11 is 0. The van der Waals surface area contributed by atoms with Crippen molar-refractivity contribution in [2.45, 2.75) is 38.3 Å². The van der Waals surface area contributed by atoms with Crippen LogP contribution in [0.15, 0.2) is 12.1 Å². The molecule has 1 aromatic carbocycles. The standard InChI is InChI=1S/C21H31N5O3/c1-28-18-12-16-17(13-19(18)29-11-5-15-4-2-3-6-23-15)24-20(14-27)25-21(16)26-9-7-22-8-10-26/h12-13,15,22-23,27H,2-11,14H2,1H3. The van der Waals surface area contributed by atoms with Crippen molar-refractivity contribution in [3.05, 3.63) is 18.0 Å². The molecule has 3 heterocycles. The highest BCUT2D eigenvalue weighted by Crippen LogP contribution is 2.35. The molecule has 3 N–H and O–H groups in total. The number of fused-ring (bicyclic) bond motifs is 1. The van der Waals surface area contributed by atoms with Gasteiger partial charge in [0.1, 0.15) is 12.4 Å². The molecule has 0 aliphatic carbocycles. The van der Waals surface area contributed by atoms with Crippen LogP contribution in [-0.4, -0.2) is 67.6 Å². The number of aliphatic hydroxyl groups is 1. The molecular weight excluding hydrogens is 370 g/mol. The number of piperazine rings is 1. The largest absolute Gasteiger partial charge is 0.493 e. The van der Waals surface area contributed by atoms with E-state index in [0.717, 1.165) is 55.9 Å². The van der Waals surface area contributed by atoms with Gasteiger partial charge in [-0.3, -0.25) is 0 Å². The molecule has 1 aromatic heterocycles. The van der Waals surface area contributed by atoms with E-state index in [4.69, 9.17) is 9.47 Å². The van der Waals surface area contributed by atoms with Gasteiger partial charge in [-0.25, -0.2) is 9.97 Å². The molecule has 2 saturated heterocycles. The van der Waals surface area contributed by atoms with Gasteiger partial charge in [-0.05, 0) is 31.9 Å². The Bertz CT molecular complexity index is 820. The van der Waals surface area contributed by atoms with Crippen molar-refractivity contribution in [2.75, 3.05) is 51.3 Å². The Morgan fingerprint density at radius 2 is 2.00 bits per heavy atom. The summed E-state index contributed by atoms with van der Waals surface area (Å²) in [6, 6.07) is 4.40. The van der Waals surface area contributed by atoms with Gasteiger partial charge in [0.05, 0.1) is 19.2 Å². The van der Waals surface area contributed by atoms with Crippen LogP contribution in [0.1, 0.15) is 31.5 Å². The minimum atomic E-state index is -0.190. The minimum absolute atomic E-state index is 0.190. The summed E-state index contributed by atoms with van der Waals surface area (Å²) in [7, 11) is 1.66. The third kappa shape index (κ3) is 4.71. The number of anilines is 1. The van der Waals surface area contributed by atoms with E-state index in [1.54, 1.807) is 7.11 Å². The van der Waals surface area contributed by atoms with E-state index in [2.05, 4.69) is 25.5 Å². The van der Waals surface area contributed by atoms with Crippen LogP contribution in [0.25, 0.3) is 10.9 Å². The first-order chi connectivity index (χ1) is 14.3. The first-order valence-corrected chi connectivity index (χ1v) is 10.6. The number of nitrogens with zero attached hydrogens (tertiary/aromatic N) is 3. The Labute approximate surface area is 171 Å². The van der Waals surface area contributed by atoms with Gasteiger partial charge in [0.15, 0.2) is 17.3 Å². The van der Waals surface area contributed by atoms with Crippen LogP contribution in [0.5, 0.6) is 11.5 Å². The Hall–Kier alpha value is -2.16. The molecule has 0 spiro atoms. The van der Waals surface area contributed by atoms with Gasteiger partial charge in [0.25, 0.3) is 0 Å². The number of aromatic nitrogens is 2. The molecule has 0 radical (unpaired) electrons. The topological polar surface area (TPSA) is 91.8 Å². The molecule has 8 heteroatoms. The predicted molar refractivity (Wildman–Crippen MR) is 113 cm³/mol. The van der Waals surface area contributed by atoms with Crippen LogP contribution < -0.4 is 25.0 Å². The van der Waals surface area contributed by atoms with E-state index in [9.17, 15) is 5.11 Å². The van der Waals surface area contributed by atoms with E-state index < -0.39 is 0 Å². The first-order valence-electron chi connectivity index (χ1n) is 10.6. The highest BCUT2D eigenvalue weighted by molar-refractivity contribution is 5.92. The van der Waals surface area contributed by atoms with Gasteiger partial charge in [0, 0.05) is 43.7 Å². The quantitative estimate of drug-likeness (QED) is 0.642. The molecule has 0 amide bonds. The van der Waals surface area contributed by atoms with Gasteiger partial charge in [-0.1, -0.05) is 6.42 Å². The molecule has 1 atom stereocenters. The lowest BCUT2D eigenvalue weighted by Crippen LogP contribution is -2.44. The summed E-state index contributed by atoms with van der Waals surface area (Å²) in [5, 5.41) is 17.5. The monoisotopic (exact) mass is 401 g/mol. The molecule has 0 saturated carbocycles. The Balaban J connectivity index is 1.59. The normalized spacial score (nSPS) is 20.1. The number of piperidine rings is 1. The van der Waals surface area contributed by atoms with E-state index >= 15 is 0 Å². The average molecular weight is 402 g/mol. The van der Waals surface area contributed by atoms with Crippen LogP contribution >= 0.6 is 0 Å². The van der Waals surface area contributed by atoms with Gasteiger partial charge in [0.2, 0.25) is 0 Å². The summed E-state index contributed by atoms with van der Waals surface area (Å²) in [4.78, 5) is 11.4. The lowest BCUT2D eigenvalue weighted by molar-refractivity contribution is 0.257. The molecule has 29 heavy (non-hydrogen) atoms. The third-order valence-corrected chi connectivity index (χ3v) is 5.70. The molecular formula is C21H31N5O3. The Morgan fingerprint density at radius 3 is 2.72 bits per heavy atom. The number of hydrogen-bond acceptors (Lipinski definition) is 8. The summed E-state index contributed by atoms with van der Waals surface area (Å²) < 4.78 is 11.7. The second-order valence-corrected chi connectivity index (χ2v) is 7.66. The van der Waals surface area contributed by atoms with Crippen molar-refractivity contribution < 1.29 is 14.6 Å². The number of rotatable bonds is 7. The summed E-state index contributed by atoms with van der Waals surface area (Å²) in [6.45, 7) is 5.09. The lowest BCUT2D eigenvalue weighted by atomic mass is 10.0. The highest BCUT2D eigenvalue weighted by Gasteiger charge is 2.20. The molecule has 8 nitrogen and oxygen atoms in total. The number of aliphatic hydroxyl groups excluding tert-OH is 1. The SMILES string of the molecule is COc1cc2c(N3CCNCC3)nc(CO)nc2cc1OCCC1CCCCN1. The van der Waals surface area contributed by atoms with Crippen molar-refractivity contribution in [1.29, 1.82) is 0 Å². The van der Waals surface area contributed by atoms with Crippen molar-refractivity contribution in [1.82, 2.24) is 20.6 Å². The first kappa shape index (κ1) is 20.1. The third-order valence-electron chi connectivity index (χ3n) is 5.70. The number of nitrogens with one attached hydrogen (secondary N) is 2. The summed E-state index contributed by atoms with van der Waals surface area (Å²) in [6.07, 6.45) is 4.73. The van der Waals surface area contributed by atoms with Gasteiger partial charge in [-0.15, -0.1) is 0 Å². The van der Waals surface area contributed by atoms with Crippen molar-refractivity contribution in [2.24, 2.45) is 0 Å². The van der Waals surface area contributed by atoms with Gasteiger partial charge >= 0.3 is 0 Å². The number of methoxy groups -OCH3 is 1. The second kappa shape index (κ2) is 9.56. The molecule has 158 valence electrons. The lowest BCUT2D eigenvalue weighted by Gasteiger charge is -2.29. The zero-order valence-corrected chi connectivity index (χ0v) is 17.1. The number of benzene rings is 1. The van der Waals surface area contributed by atoms with Crippen molar-refractivity contribution in [3.63, 3.8) is 0 Å². The highest BCUT2D eigenvalue weighted by atomic mass is 16.5. The minimum Gasteiger partial charge on any atom is -0.493 e. The number of ether oxygens (including phenoxy) is 2. The predicted octanol–water partition coefficient (Wildman–Crippen LogP) is 1.45. The maximum absolute atomic E-state index is 9.66. The van der Waals surface area contributed by atoms with E-state index in [-0.39, 0.29) is 6.61 Å². The van der Waals surface area contributed by atoms with Crippen molar-refractivity contribution >= 4 is 16.7 Å². The summed E-state index contributed by atoms with van der Waals surface area (Å²) in [5.74, 6) is 2.64. The Morgan fingerprint density at radius 1 is 1.14 bits per heavy atom. The second-order valence-electron chi connectivity index (χ2n) is 7.66. The molecule has 2 aliphatic heterocycles. The zero-order chi connectivity index (χ0) is 20.1. The maximum atomic E-state index is 9.66. The Kier molecular flexibility index (Phi) is 6.63. The van der Waals surface area contributed by atoms with Crippen LogP contribution in [0.4, 0.5) is 5.82 Å². The smallest absolute Gasteiger partial charge is 0.163 e. The van der Waals surface area contributed by atoms with Crippen LogP contribution in [-0.2, 0) is 6.61 Å². The van der Waals surface area contributed by atoms with E-state index in [0.29, 0.717) is 30.0 Å². The van der Waals surface area contributed by atoms with E-state index in [1.165, 1.54) is 19.3 Å². The van der Waals surface area contributed by atoms with Gasteiger partial charge < -0.3 is 30.1 Å². The van der Waals surface area contributed by atoms with Crippen LogP contribution in [0.2, 0.25) is 0 Å². The fourth-order valence-electron chi connectivity index (χ4n) is 4.11.